The summed E-state index contributed by atoms with van der Waals surface area (Å²) in [4.78, 5) is 12.2. The number of nitrogens with zero attached hydrogens (tertiary/aromatic N) is 1. The van der Waals surface area contributed by atoms with E-state index in [1.54, 1.807) is 36.4 Å². The summed E-state index contributed by atoms with van der Waals surface area (Å²) in [6.45, 7) is 2.50. The van der Waals surface area contributed by atoms with Crippen LogP contribution in [0.1, 0.15) is 12.5 Å². The van der Waals surface area contributed by atoms with E-state index < -0.39 is 10.0 Å². The molecule has 0 saturated carbocycles. The molecule has 0 aromatic heterocycles. The van der Waals surface area contributed by atoms with Crippen molar-refractivity contribution in [1.82, 2.24) is 5.32 Å². The molecule has 0 spiro atoms. The molecule has 0 saturated heterocycles. The Morgan fingerprint density at radius 3 is 2.30 bits per heavy atom. The summed E-state index contributed by atoms with van der Waals surface area (Å²) in [5.74, 6) is 0.269. The minimum atomic E-state index is -3.60. The third-order valence-corrected chi connectivity index (χ3v) is 5.16. The molecule has 0 radical (unpaired) electrons. The molecular weight excluding hydrogens is 388 g/mol. The van der Waals surface area contributed by atoms with Gasteiger partial charge in [-0.2, -0.15) is 0 Å². The van der Waals surface area contributed by atoms with Gasteiger partial charge in [0.05, 0.1) is 18.6 Å². The fourth-order valence-corrected chi connectivity index (χ4v) is 3.44. The van der Waals surface area contributed by atoms with Crippen molar-refractivity contribution in [1.29, 1.82) is 0 Å². The number of rotatable bonds is 9. The highest BCUT2D eigenvalue weighted by atomic mass is 35.5. The maximum absolute atomic E-state index is 12.2. The molecule has 0 aliphatic heterocycles. The summed E-state index contributed by atoms with van der Waals surface area (Å²) in [6.07, 6.45) is 1.70. The molecule has 146 valence electrons. The van der Waals surface area contributed by atoms with E-state index in [1.807, 2.05) is 19.1 Å². The first kappa shape index (κ1) is 21.1. The summed E-state index contributed by atoms with van der Waals surface area (Å²) in [7, 11) is -3.60. The average molecular weight is 411 g/mol. The first-order valence-corrected chi connectivity index (χ1v) is 10.7. The molecule has 2 aromatic carbocycles. The lowest BCUT2D eigenvalue weighted by Gasteiger charge is -2.22. The molecule has 2 aromatic rings. The van der Waals surface area contributed by atoms with Crippen LogP contribution in [0.5, 0.6) is 5.75 Å². The number of carbonyl (C=O) groups is 1. The molecule has 0 unspecified atom stereocenters. The van der Waals surface area contributed by atoms with Crippen LogP contribution >= 0.6 is 11.6 Å². The van der Waals surface area contributed by atoms with Crippen molar-refractivity contribution < 1.29 is 17.9 Å². The molecule has 0 aliphatic rings. The largest absolute Gasteiger partial charge is 0.494 e. The lowest BCUT2D eigenvalue weighted by Crippen LogP contribution is -2.40. The monoisotopic (exact) mass is 410 g/mol. The summed E-state index contributed by atoms with van der Waals surface area (Å²) in [5, 5.41) is 3.40. The standard InChI is InChI=1S/C19H23ClN2O4S/c1-3-26-18-10-8-17(9-11-18)22(27(2,24)25)14-19(23)21-13-12-15-4-6-16(20)7-5-15/h4-11H,3,12-14H2,1-2H3,(H,21,23). The van der Waals surface area contributed by atoms with Gasteiger partial charge in [0, 0.05) is 11.6 Å². The van der Waals surface area contributed by atoms with Crippen molar-refractivity contribution in [3.63, 3.8) is 0 Å². The van der Waals surface area contributed by atoms with Crippen molar-refractivity contribution >= 4 is 33.2 Å². The number of benzene rings is 2. The number of sulfonamides is 1. The first-order valence-electron chi connectivity index (χ1n) is 8.51. The highest BCUT2D eigenvalue weighted by Gasteiger charge is 2.20. The SMILES string of the molecule is CCOc1ccc(N(CC(=O)NCCc2ccc(Cl)cc2)S(C)(=O)=O)cc1. The summed E-state index contributed by atoms with van der Waals surface area (Å²) in [6, 6.07) is 13.9. The zero-order valence-corrected chi connectivity index (χ0v) is 16.9. The van der Waals surface area contributed by atoms with Crippen molar-refractivity contribution in [2.24, 2.45) is 0 Å². The average Bonchev–Trinajstić information content (AvgIpc) is 2.62. The van der Waals surface area contributed by atoms with Gasteiger partial charge in [0.1, 0.15) is 12.3 Å². The number of nitrogens with one attached hydrogen (secondary N) is 1. The van der Waals surface area contributed by atoms with E-state index >= 15 is 0 Å². The van der Waals surface area contributed by atoms with Crippen LogP contribution in [0.2, 0.25) is 5.02 Å². The van der Waals surface area contributed by atoms with Crippen molar-refractivity contribution in [3.05, 3.63) is 59.1 Å². The van der Waals surface area contributed by atoms with Gasteiger partial charge >= 0.3 is 0 Å². The van der Waals surface area contributed by atoms with Crippen LogP contribution in [0.15, 0.2) is 48.5 Å². The van der Waals surface area contributed by atoms with E-state index in [-0.39, 0.29) is 12.5 Å². The van der Waals surface area contributed by atoms with Crippen LogP contribution in [-0.2, 0) is 21.2 Å². The van der Waals surface area contributed by atoms with Crippen LogP contribution in [0.25, 0.3) is 0 Å². The highest BCUT2D eigenvalue weighted by molar-refractivity contribution is 7.92. The van der Waals surface area contributed by atoms with Gasteiger partial charge in [-0.1, -0.05) is 23.7 Å². The van der Waals surface area contributed by atoms with Crippen molar-refractivity contribution in [2.45, 2.75) is 13.3 Å². The third-order valence-electron chi connectivity index (χ3n) is 3.77. The fourth-order valence-electron chi connectivity index (χ4n) is 2.46. The molecule has 27 heavy (non-hydrogen) atoms. The molecule has 0 fully saturated rings. The minimum absolute atomic E-state index is 0.284. The van der Waals surface area contributed by atoms with Gasteiger partial charge in [0.25, 0.3) is 0 Å². The second kappa shape index (κ2) is 9.62. The quantitative estimate of drug-likeness (QED) is 0.689. The van der Waals surface area contributed by atoms with Crippen LogP contribution < -0.4 is 14.4 Å². The summed E-state index contributed by atoms with van der Waals surface area (Å²) < 4.78 is 30.6. The maximum atomic E-state index is 12.2. The Morgan fingerprint density at radius 2 is 1.74 bits per heavy atom. The van der Waals surface area contributed by atoms with Gasteiger partial charge in [-0.3, -0.25) is 9.10 Å². The molecule has 1 amide bonds. The van der Waals surface area contributed by atoms with E-state index in [1.165, 1.54) is 0 Å². The Hall–Kier alpha value is -2.25. The van der Waals surface area contributed by atoms with E-state index in [0.717, 1.165) is 16.1 Å². The molecule has 0 aliphatic carbocycles. The van der Waals surface area contributed by atoms with Gasteiger partial charge < -0.3 is 10.1 Å². The zero-order chi connectivity index (χ0) is 19.9. The van der Waals surface area contributed by atoms with Gasteiger partial charge in [-0.25, -0.2) is 8.42 Å². The Balaban J connectivity index is 1.96. The summed E-state index contributed by atoms with van der Waals surface area (Å²) >= 11 is 5.84. The molecule has 0 bridgehead atoms. The Labute approximate surface area is 165 Å². The van der Waals surface area contributed by atoms with Gasteiger partial charge in [-0.05, 0) is 55.3 Å². The Morgan fingerprint density at radius 1 is 1.11 bits per heavy atom. The van der Waals surface area contributed by atoms with Crippen LogP contribution in [0.4, 0.5) is 5.69 Å². The smallest absolute Gasteiger partial charge is 0.240 e. The zero-order valence-electron chi connectivity index (χ0n) is 15.3. The minimum Gasteiger partial charge on any atom is -0.494 e. The molecule has 2 rings (SSSR count). The second-order valence-corrected chi connectivity index (χ2v) is 8.27. The van der Waals surface area contributed by atoms with E-state index in [9.17, 15) is 13.2 Å². The van der Waals surface area contributed by atoms with E-state index in [4.69, 9.17) is 16.3 Å². The fraction of sp³-hybridized carbons (Fsp3) is 0.316. The first-order chi connectivity index (χ1) is 12.8. The number of hydrogen-bond donors (Lipinski definition) is 1. The van der Waals surface area contributed by atoms with Crippen LogP contribution in [0, 0.1) is 0 Å². The van der Waals surface area contributed by atoms with E-state index in [2.05, 4.69) is 5.32 Å². The van der Waals surface area contributed by atoms with E-state index in [0.29, 0.717) is 36.0 Å². The number of amides is 1. The number of halogens is 1. The maximum Gasteiger partial charge on any atom is 0.240 e. The van der Waals surface area contributed by atoms with Gasteiger partial charge in [0.2, 0.25) is 15.9 Å². The van der Waals surface area contributed by atoms with Crippen molar-refractivity contribution in [3.8, 4) is 5.75 Å². The molecular formula is C19H23ClN2O4S. The van der Waals surface area contributed by atoms with Crippen LogP contribution in [-0.4, -0.2) is 40.3 Å². The predicted octanol–water partition coefficient (Wildman–Crippen LogP) is 2.86. The number of ether oxygens (including phenoxy) is 1. The van der Waals surface area contributed by atoms with Gasteiger partial charge in [-0.15, -0.1) is 0 Å². The van der Waals surface area contributed by atoms with Gasteiger partial charge in [0.15, 0.2) is 0 Å². The lowest BCUT2D eigenvalue weighted by molar-refractivity contribution is -0.119. The van der Waals surface area contributed by atoms with Crippen molar-refractivity contribution in [2.75, 3.05) is 30.3 Å². The summed E-state index contributed by atoms with van der Waals surface area (Å²) in [5.41, 5.74) is 1.44. The third kappa shape index (κ3) is 6.77. The molecule has 1 N–H and O–H groups in total. The number of hydrogen-bond acceptors (Lipinski definition) is 4. The lowest BCUT2D eigenvalue weighted by atomic mass is 10.1. The molecule has 6 nitrogen and oxygen atoms in total. The molecule has 0 atom stereocenters. The topological polar surface area (TPSA) is 75.7 Å². The number of anilines is 1. The molecule has 8 heteroatoms. The molecule has 0 heterocycles. The highest BCUT2D eigenvalue weighted by Crippen LogP contribution is 2.21. The Bertz CT molecular complexity index is 852. The second-order valence-electron chi connectivity index (χ2n) is 5.92. The predicted molar refractivity (Wildman–Crippen MR) is 108 cm³/mol. The normalized spacial score (nSPS) is 11.1. The van der Waals surface area contributed by atoms with Crippen LogP contribution in [0.3, 0.4) is 0 Å². The number of carbonyl (C=O) groups excluding carboxylic acids is 1. The Kier molecular flexibility index (Phi) is 7.50.